The molecule has 1 saturated heterocycles. The molecule has 0 spiro atoms. The molecule has 1 heterocycles. The van der Waals surface area contributed by atoms with Gasteiger partial charge in [-0.2, -0.15) is 0 Å². The summed E-state index contributed by atoms with van der Waals surface area (Å²) in [6.07, 6.45) is 86.4. The Hall–Kier alpha value is -2.19. The lowest BCUT2D eigenvalue weighted by molar-refractivity contribution is -0.303. The van der Waals surface area contributed by atoms with Crippen LogP contribution in [0.25, 0.3) is 0 Å². The highest BCUT2D eigenvalue weighted by Gasteiger charge is 2.44. The van der Waals surface area contributed by atoms with Crippen LogP contribution in [0, 0.1) is 0 Å². The monoisotopic (exact) mass is 1340 g/mol. The Bertz CT molecular complexity index is 1740. The van der Waals surface area contributed by atoms with Crippen LogP contribution in [0.5, 0.6) is 0 Å². The van der Waals surface area contributed by atoms with Gasteiger partial charge in [0.15, 0.2) is 6.29 Å². The van der Waals surface area contributed by atoms with Crippen LogP contribution in [0.2, 0.25) is 0 Å². The number of aliphatic hydroxyl groups is 7. The lowest BCUT2D eigenvalue weighted by atomic mass is 9.98. The first-order valence-corrected chi connectivity index (χ1v) is 41.2. The number of aliphatic hydroxyl groups excluding tert-OH is 7. The molecule has 11 heteroatoms. The van der Waals surface area contributed by atoms with Gasteiger partial charge in [-0.3, -0.25) is 4.79 Å². The maximum Gasteiger partial charge on any atom is 0.249 e. The molecule has 0 aromatic carbocycles. The Labute approximate surface area is 586 Å². The molecule has 1 aliphatic heterocycles. The fraction of sp³-hybridized carbons (Fsp3) is 0.869. The van der Waals surface area contributed by atoms with E-state index >= 15 is 0 Å². The normalized spacial score (nSPS) is 18.4. The highest BCUT2D eigenvalue weighted by molar-refractivity contribution is 5.80. The van der Waals surface area contributed by atoms with Crippen molar-refractivity contribution < 1.29 is 50.0 Å². The SMILES string of the molecule is CCCCCCCCCCCCCCCCC/C=C\C/C=C\CCCCCCCCCCCCCCCCCCC(O)C(=O)NC(COC1OC(CO)C(O)C(O)C1O)C(O)C(O)CCC/C=C/CC/C=C/CC/C=C/CCCCCCCCCCCCCCCCCCC. The number of carbonyl (C=O) groups excluding carboxylic acids is 1. The first kappa shape index (κ1) is 90.8. The summed E-state index contributed by atoms with van der Waals surface area (Å²) in [6.45, 7) is 3.50. The first-order valence-electron chi connectivity index (χ1n) is 41.2. The predicted molar refractivity (Wildman–Crippen MR) is 404 cm³/mol. The van der Waals surface area contributed by atoms with Crippen LogP contribution in [-0.4, -0.2) is 110 Å². The van der Waals surface area contributed by atoms with Crippen LogP contribution >= 0.6 is 0 Å². The van der Waals surface area contributed by atoms with Gasteiger partial charge in [-0.1, -0.05) is 364 Å². The van der Waals surface area contributed by atoms with E-state index < -0.39 is 74.2 Å². The average molecular weight is 1340 g/mol. The lowest BCUT2D eigenvalue weighted by Crippen LogP contribution is -2.60. The molecule has 0 aromatic rings. The number of nitrogens with one attached hydrogen (secondary N) is 1. The molecule has 1 aliphatic rings. The molecule has 558 valence electrons. The van der Waals surface area contributed by atoms with E-state index in [1.165, 1.54) is 302 Å². The topological polar surface area (TPSA) is 189 Å². The number of amides is 1. The minimum absolute atomic E-state index is 0.241. The maximum absolute atomic E-state index is 13.3. The summed E-state index contributed by atoms with van der Waals surface area (Å²) < 4.78 is 11.2. The molecule has 8 N–H and O–H groups in total. The van der Waals surface area contributed by atoms with Crippen LogP contribution in [-0.2, 0) is 14.3 Å². The third kappa shape index (κ3) is 58.2. The Morgan fingerprint density at radius 2 is 0.663 bits per heavy atom. The number of hydrogen-bond acceptors (Lipinski definition) is 10. The number of carbonyl (C=O) groups is 1. The zero-order chi connectivity index (χ0) is 68.8. The number of rotatable bonds is 73. The van der Waals surface area contributed by atoms with Gasteiger partial charge >= 0.3 is 0 Å². The summed E-state index contributed by atoms with van der Waals surface area (Å²) in [6, 6.07) is -1.20. The summed E-state index contributed by atoms with van der Waals surface area (Å²) in [5, 5.41) is 76.7. The molecular weight excluding hydrogens is 1180 g/mol. The van der Waals surface area contributed by atoms with Crippen molar-refractivity contribution in [1.82, 2.24) is 5.32 Å². The van der Waals surface area contributed by atoms with Gasteiger partial charge in [0.25, 0.3) is 0 Å². The quantitative estimate of drug-likeness (QED) is 0.0215. The van der Waals surface area contributed by atoms with Gasteiger partial charge in [0.1, 0.15) is 36.6 Å². The van der Waals surface area contributed by atoms with E-state index in [0.29, 0.717) is 19.3 Å². The van der Waals surface area contributed by atoms with Crippen LogP contribution in [0.3, 0.4) is 0 Å². The van der Waals surface area contributed by atoms with E-state index in [9.17, 15) is 40.5 Å². The summed E-state index contributed by atoms with van der Waals surface area (Å²) in [5.74, 6) is -0.708. The van der Waals surface area contributed by atoms with Crippen LogP contribution in [0.1, 0.15) is 399 Å². The van der Waals surface area contributed by atoms with Gasteiger partial charge in [0, 0.05) is 0 Å². The number of ether oxygens (including phenoxy) is 2. The molecule has 11 nitrogen and oxygen atoms in total. The van der Waals surface area contributed by atoms with E-state index in [2.05, 4.69) is 79.9 Å². The van der Waals surface area contributed by atoms with Crippen molar-refractivity contribution >= 4 is 5.91 Å². The van der Waals surface area contributed by atoms with Crippen molar-refractivity contribution in [2.45, 2.75) is 454 Å². The van der Waals surface area contributed by atoms with Crippen molar-refractivity contribution in [3.05, 3.63) is 60.8 Å². The maximum atomic E-state index is 13.3. The predicted octanol–water partition coefficient (Wildman–Crippen LogP) is 21.6. The third-order valence-electron chi connectivity index (χ3n) is 19.7. The lowest BCUT2D eigenvalue weighted by Gasteiger charge is -2.40. The second-order valence-corrected chi connectivity index (χ2v) is 28.8. The summed E-state index contributed by atoms with van der Waals surface area (Å²) in [5.41, 5.74) is 0. The fourth-order valence-corrected chi connectivity index (χ4v) is 13.2. The first-order chi connectivity index (χ1) is 46.7. The third-order valence-corrected chi connectivity index (χ3v) is 19.7. The largest absolute Gasteiger partial charge is 0.394 e. The van der Waals surface area contributed by atoms with Crippen molar-refractivity contribution in [3.8, 4) is 0 Å². The van der Waals surface area contributed by atoms with E-state index in [1.54, 1.807) is 0 Å². The standard InChI is InChI=1S/C84H157NO10/c1-3-5-7-9-11-13-15-17-19-21-23-25-27-29-31-33-35-36-37-38-39-40-41-42-44-46-48-50-52-54-56-58-60-62-64-66-68-70-72-77(88)83(93)85-75(74-94-84-82(92)81(91)80(90)78(73-86)95-84)79(89)76(87)71-69-67-65-63-61-59-57-55-53-51-49-47-45-43-34-32-30-28-26-24-22-20-18-16-14-12-10-8-6-4-2/h35-36,38-39,47,49,55,57,63,65,75-82,84,86-92H,3-34,37,40-46,48,50-54,56,58-62,64,66-74H2,1-2H3,(H,85,93)/b36-35-,39-38-,49-47+,57-55+,65-63+. The molecule has 0 aromatic heterocycles. The van der Waals surface area contributed by atoms with Crippen LogP contribution in [0.4, 0.5) is 0 Å². The number of allylic oxidation sites excluding steroid dienone is 10. The zero-order valence-corrected chi connectivity index (χ0v) is 62.2. The summed E-state index contributed by atoms with van der Waals surface area (Å²) >= 11 is 0. The van der Waals surface area contributed by atoms with E-state index in [-0.39, 0.29) is 12.8 Å². The van der Waals surface area contributed by atoms with Gasteiger partial charge in [0.2, 0.25) is 5.91 Å². The minimum atomic E-state index is -1.68. The van der Waals surface area contributed by atoms with Crippen molar-refractivity contribution in [2.24, 2.45) is 0 Å². The molecule has 9 unspecified atom stereocenters. The Morgan fingerprint density at radius 3 is 1.00 bits per heavy atom. The molecule has 0 aliphatic carbocycles. The molecule has 0 saturated carbocycles. The molecule has 1 amide bonds. The van der Waals surface area contributed by atoms with Gasteiger partial charge in [-0.15, -0.1) is 0 Å². The van der Waals surface area contributed by atoms with Crippen molar-refractivity contribution in [1.29, 1.82) is 0 Å². The number of unbranched alkanes of at least 4 members (excludes halogenated alkanes) is 51. The molecular formula is C84H157NO10. The molecule has 95 heavy (non-hydrogen) atoms. The van der Waals surface area contributed by atoms with E-state index in [0.717, 1.165) is 51.4 Å². The van der Waals surface area contributed by atoms with Gasteiger partial charge in [-0.05, 0) is 96.3 Å². The van der Waals surface area contributed by atoms with Crippen molar-refractivity contribution in [2.75, 3.05) is 13.2 Å². The highest BCUT2D eigenvalue weighted by atomic mass is 16.7. The molecule has 9 atom stereocenters. The van der Waals surface area contributed by atoms with Gasteiger partial charge in [-0.25, -0.2) is 0 Å². The number of hydrogen-bond donors (Lipinski definition) is 8. The fourth-order valence-electron chi connectivity index (χ4n) is 13.2. The van der Waals surface area contributed by atoms with Gasteiger partial charge in [0.05, 0.1) is 25.4 Å². The highest BCUT2D eigenvalue weighted by Crippen LogP contribution is 2.24. The van der Waals surface area contributed by atoms with E-state index in [4.69, 9.17) is 9.47 Å². The summed E-state index contributed by atoms with van der Waals surface area (Å²) in [7, 11) is 0. The van der Waals surface area contributed by atoms with Crippen LogP contribution < -0.4 is 5.32 Å². The second-order valence-electron chi connectivity index (χ2n) is 28.8. The van der Waals surface area contributed by atoms with Crippen molar-refractivity contribution in [3.63, 3.8) is 0 Å². The molecule has 1 fully saturated rings. The average Bonchev–Trinajstić information content (AvgIpc) is 0.832. The summed E-state index contributed by atoms with van der Waals surface area (Å²) in [4.78, 5) is 13.3. The Morgan fingerprint density at radius 1 is 0.368 bits per heavy atom. The molecule has 1 rings (SSSR count). The Kier molecular flexibility index (Phi) is 68.5. The molecule has 0 bridgehead atoms. The Balaban J connectivity index is 2.15. The smallest absolute Gasteiger partial charge is 0.249 e. The van der Waals surface area contributed by atoms with Crippen LogP contribution in [0.15, 0.2) is 60.8 Å². The zero-order valence-electron chi connectivity index (χ0n) is 62.2. The molecule has 0 radical (unpaired) electrons. The second kappa shape index (κ2) is 71.6. The minimum Gasteiger partial charge on any atom is -0.394 e. The van der Waals surface area contributed by atoms with E-state index in [1.807, 2.05) is 0 Å². The van der Waals surface area contributed by atoms with Gasteiger partial charge < -0.3 is 50.5 Å².